The Morgan fingerprint density at radius 2 is 1.85 bits per heavy atom. The number of nitrogens with two attached hydrogens (primary N) is 1. The number of nitrogens with one attached hydrogen (secondary N) is 1. The lowest BCUT2D eigenvalue weighted by Crippen LogP contribution is -2.24. The molecule has 0 spiro atoms. The number of nitrogens with zero attached hydrogens (tertiary/aromatic N) is 3. The Kier molecular flexibility index (Phi) is 6.34. The van der Waals surface area contributed by atoms with E-state index in [0.29, 0.717) is 17.2 Å². The molecule has 0 radical (unpaired) electrons. The number of hydrogen-bond acceptors (Lipinski definition) is 6. The second-order valence-electron chi connectivity index (χ2n) is 6.32. The molecule has 0 bridgehead atoms. The number of nitrogen functional groups attached to an aromatic ring is 1. The Morgan fingerprint density at radius 3 is 2.56 bits per heavy atom. The third-order valence-corrected chi connectivity index (χ3v) is 5.61. The minimum absolute atomic E-state index is 0.0852. The monoisotopic (exact) mass is 383 g/mol. The molecule has 1 aliphatic carbocycles. The topological polar surface area (TPSA) is 93.8 Å². The Bertz CT molecular complexity index is 903. The highest BCUT2D eigenvalue weighted by Gasteiger charge is 2.22. The quantitative estimate of drug-likeness (QED) is 0.672. The summed E-state index contributed by atoms with van der Waals surface area (Å²) in [5, 5.41) is 4.95. The molecule has 3 aromatic rings. The van der Waals surface area contributed by atoms with Crippen LogP contribution in [-0.4, -0.2) is 20.9 Å². The van der Waals surface area contributed by atoms with Crippen molar-refractivity contribution < 1.29 is 4.79 Å². The standard InChI is InChI=1S/C18H19N5OS.C2H6/c19-16-15-14(22-17(23-16)11-6-8-20-9-7-11)13(10-25-15)21-18(24)12-4-2-1-3-5-12;1-2/h6-10,12H,1-5H2,(H,21,24)(H2,19,22,23);1-2H3. The van der Waals surface area contributed by atoms with Crippen LogP contribution in [0.1, 0.15) is 46.0 Å². The van der Waals surface area contributed by atoms with Gasteiger partial charge in [-0.3, -0.25) is 9.78 Å². The van der Waals surface area contributed by atoms with Gasteiger partial charge in [0, 0.05) is 29.3 Å². The van der Waals surface area contributed by atoms with E-state index in [9.17, 15) is 4.79 Å². The van der Waals surface area contributed by atoms with Crippen LogP contribution in [0.15, 0.2) is 29.9 Å². The zero-order valence-electron chi connectivity index (χ0n) is 15.7. The lowest BCUT2D eigenvalue weighted by molar-refractivity contribution is -0.120. The van der Waals surface area contributed by atoms with Gasteiger partial charge in [0.25, 0.3) is 0 Å². The van der Waals surface area contributed by atoms with Gasteiger partial charge >= 0.3 is 0 Å². The largest absolute Gasteiger partial charge is 0.382 e. The summed E-state index contributed by atoms with van der Waals surface area (Å²) in [6.07, 6.45) is 8.80. The molecule has 0 aliphatic heterocycles. The Morgan fingerprint density at radius 1 is 1.15 bits per heavy atom. The first kappa shape index (κ1) is 19.2. The number of aromatic nitrogens is 3. The summed E-state index contributed by atoms with van der Waals surface area (Å²) < 4.78 is 0.803. The summed E-state index contributed by atoms with van der Waals surface area (Å²) in [4.78, 5) is 25.6. The van der Waals surface area contributed by atoms with Crippen molar-refractivity contribution in [2.45, 2.75) is 46.0 Å². The maximum Gasteiger partial charge on any atom is 0.227 e. The van der Waals surface area contributed by atoms with Crippen molar-refractivity contribution in [3.05, 3.63) is 29.9 Å². The molecule has 142 valence electrons. The summed E-state index contributed by atoms with van der Waals surface area (Å²) in [6, 6.07) is 3.68. The van der Waals surface area contributed by atoms with Crippen LogP contribution in [0, 0.1) is 5.92 Å². The van der Waals surface area contributed by atoms with Crippen molar-refractivity contribution in [3.63, 3.8) is 0 Å². The fraction of sp³-hybridized carbons (Fsp3) is 0.400. The number of carbonyl (C=O) groups excluding carboxylic acids is 1. The Balaban J connectivity index is 0.00000102. The summed E-state index contributed by atoms with van der Waals surface area (Å²) in [6.45, 7) is 4.00. The second-order valence-corrected chi connectivity index (χ2v) is 7.20. The van der Waals surface area contributed by atoms with Crippen molar-refractivity contribution in [1.82, 2.24) is 15.0 Å². The van der Waals surface area contributed by atoms with Gasteiger partial charge in [0.15, 0.2) is 5.82 Å². The molecule has 6 nitrogen and oxygen atoms in total. The van der Waals surface area contributed by atoms with E-state index in [1.807, 2.05) is 31.4 Å². The van der Waals surface area contributed by atoms with Crippen LogP contribution in [0.3, 0.4) is 0 Å². The van der Waals surface area contributed by atoms with Crippen LogP contribution < -0.4 is 11.1 Å². The number of rotatable bonds is 3. The van der Waals surface area contributed by atoms with Gasteiger partial charge in [-0.25, -0.2) is 9.97 Å². The fourth-order valence-corrected chi connectivity index (χ4v) is 4.10. The van der Waals surface area contributed by atoms with E-state index in [0.717, 1.165) is 41.6 Å². The SMILES string of the molecule is CC.Nc1nc(-c2ccncc2)nc2c(NC(=O)C3CCCCC3)csc12. The number of fused-ring (bicyclic) bond motifs is 1. The van der Waals surface area contributed by atoms with Gasteiger partial charge in [0.2, 0.25) is 5.91 Å². The molecule has 1 amide bonds. The van der Waals surface area contributed by atoms with Gasteiger partial charge in [0.05, 0.1) is 10.4 Å². The van der Waals surface area contributed by atoms with E-state index >= 15 is 0 Å². The molecule has 3 N–H and O–H groups in total. The molecule has 4 rings (SSSR count). The van der Waals surface area contributed by atoms with E-state index in [4.69, 9.17) is 5.73 Å². The van der Waals surface area contributed by atoms with Crippen LogP contribution in [0.5, 0.6) is 0 Å². The molecule has 0 saturated heterocycles. The zero-order valence-corrected chi connectivity index (χ0v) is 16.6. The van der Waals surface area contributed by atoms with Crippen molar-refractivity contribution in [2.75, 3.05) is 11.1 Å². The fourth-order valence-electron chi connectivity index (χ4n) is 3.26. The van der Waals surface area contributed by atoms with E-state index < -0.39 is 0 Å². The summed E-state index contributed by atoms with van der Waals surface area (Å²) in [5.74, 6) is 1.16. The van der Waals surface area contributed by atoms with E-state index in [1.165, 1.54) is 17.8 Å². The van der Waals surface area contributed by atoms with Crippen molar-refractivity contribution >= 4 is 39.0 Å². The van der Waals surface area contributed by atoms with Crippen molar-refractivity contribution in [2.24, 2.45) is 5.92 Å². The maximum atomic E-state index is 12.6. The number of pyridine rings is 1. The molecule has 1 aliphatic rings. The van der Waals surface area contributed by atoms with Gasteiger partial charge in [0.1, 0.15) is 11.3 Å². The minimum atomic E-state index is 0.0852. The highest BCUT2D eigenvalue weighted by molar-refractivity contribution is 7.18. The van der Waals surface area contributed by atoms with Crippen LogP contribution in [0.25, 0.3) is 21.6 Å². The predicted molar refractivity (Wildman–Crippen MR) is 112 cm³/mol. The van der Waals surface area contributed by atoms with E-state index in [-0.39, 0.29) is 11.8 Å². The first-order valence-corrected chi connectivity index (χ1v) is 10.4. The normalized spacial score (nSPS) is 14.4. The summed E-state index contributed by atoms with van der Waals surface area (Å²) >= 11 is 1.46. The molecule has 7 heteroatoms. The lowest BCUT2D eigenvalue weighted by atomic mass is 9.88. The van der Waals surface area contributed by atoms with Gasteiger partial charge in [-0.05, 0) is 25.0 Å². The Labute approximate surface area is 163 Å². The molecule has 1 fully saturated rings. The average molecular weight is 384 g/mol. The molecular formula is C20H25N5OS. The molecule has 1 saturated carbocycles. The van der Waals surface area contributed by atoms with Crippen LogP contribution in [0.4, 0.5) is 11.5 Å². The van der Waals surface area contributed by atoms with Gasteiger partial charge in [-0.1, -0.05) is 33.1 Å². The summed E-state index contributed by atoms with van der Waals surface area (Å²) in [5.41, 5.74) is 8.38. The highest BCUT2D eigenvalue weighted by Crippen LogP contribution is 2.34. The number of thiophene rings is 1. The molecule has 3 heterocycles. The molecule has 0 aromatic carbocycles. The highest BCUT2D eigenvalue weighted by atomic mass is 32.1. The second kappa shape index (κ2) is 8.90. The molecular weight excluding hydrogens is 358 g/mol. The zero-order chi connectivity index (χ0) is 19.2. The molecule has 3 aromatic heterocycles. The van der Waals surface area contributed by atoms with E-state index in [1.54, 1.807) is 12.4 Å². The number of carbonyl (C=O) groups is 1. The lowest BCUT2D eigenvalue weighted by Gasteiger charge is -2.20. The van der Waals surface area contributed by atoms with E-state index in [2.05, 4.69) is 20.3 Å². The molecule has 0 unspecified atom stereocenters. The third kappa shape index (κ3) is 4.24. The summed E-state index contributed by atoms with van der Waals surface area (Å²) in [7, 11) is 0. The third-order valence-electron chi connectivity index (χ3n) is 4.61. The van der Waals surface area contributed by atoms with Crippen LogP contribution in [-0.2, 0) is 4.79 Å². The van der Waals surface area contributed by atoms with Crippen LogP contribution >= 0.6 is 11.3 Å². The number of anilines is 2. The number of hydrogen-bond donors (Lipinski definition) is 2. The Hall–Kier alpha value is -2.54. The minimum Gasteiger partial charge on any atom is -0.382 e. The molecule has 27 heavy (non-hydrogen) atoms. The van der Waals surface area contributed by atoms with Gasteiger partial charge in [-0.15, -0.1) is 11.3 Å². The first-order chi connectivity index (χ1) is 13.2. The van der Waals surface area contributed by atoms with Crippen molar-refractivity contribution in [1.29, 1.82) is 0 Å². The first-order valence-electron chi connectivity index (χ1n) is 9.48. The van der Waals surface area contributed by atoms with Crippen molar-refractivity contribution in [3.8, 4) is 11.4 Å². The molecule has 0 atom stereocenters. The average Bonchev–Trinajstić information content (AvgIpc) is 3.14. The van der Waals surface area contributed by atoms with Gasteiger partial charge < -0.3 is 11.1 Å². The predicted octanol–water partition coefficient (Wildman–Crippen LogP) is 4.88. The van der Waals surface area contributed by atoms with Gasteiger partial charge in [-0.2, -0.15) is 0 Å². The smallest absolute Gasteiger partial charge is 0.227 e. The maximum absolute atomic E-state index is 12.6. The number of amides is 1. The van der Waals surface area contributed by atoms with Crippen LogP contribution in [0.2, 0.25) is 0 Å².